The fraction of sp³-hybridized carbons (Fsp3) is 0.429. The van der Waals surface area contributed by atoms with E-state index in [1.807, 2.05) is 0 Å². The summed E-state index contributed by atoms with van der Waals surface area (Å²) in [5, 5.41) is 10.9. The molecule has 0 unspecified atom stereocenters. The molecular formula is C14H17F3N2O4. The number of urea groups is 1. The summed E-state index contributed by atoms with van der Waals surface area (Å²) in [6, 6.07) is 4.26. The molecule has 0 radical (unpaired) electrons. The van der Waals surface area contributed by atoms with Gasteiger partial charge in [0, 0.05) is 13.6 Å². The molecule has 0 aliphatic rings. The third-order valence-electron chi connectivity index (χ3n) is 2.84. The minimum Gasteiger partial charge on any atom is -0.491 e. The first-order valence-corrected chi connectivity index (χ1v) is 6.71. The zero-order chi connectivity index (χ0) is 17.5. The van der Waals surface area contributed by atoms with Crippen molar-refractivity contribution in [1.29, 1.82) is 0 Å². The summed E-state index contributed by atoms with van der Waals surface area (Å²) >= 11 is 0. The van der Waals surface area contributed by atoms with Crippen LogP contribution in [0.25, 0.3) is 0 Å². The molecule has 2 N–H and O–H groups in total. The highest BCUT2D eigenvalue weighted by molar-refractivity contribution is 5.74. The molecule has 0 saturated heterocycles. The number of aliphatic carboxylic acids is 1. The molecule has 0 saturated carbocycles. The number of alkyl halides is 3. The van der Waals surface area contributed by atoms with Crippen molar-refractivity contribution in [2.45, 2.75) is 12.6 Å². The lowest BCUT2D eigenvalue weighted by Gasteiger charge is -2.17. The van der Waals surface area contributed by atoms with Crippen molar-refractivity contribution in [2.24, 2.45) is 0 Å². The molecule has 0 aliphatic carbocycles. The van der Waals surface area contributed by atoms with Gasteiger partial charge >= 0.3 is 18.2 Å². The van der Waals surface area contributed by atoms with Crippen molar-refractivity contribution < 1.29 is 32.6 Å². The second-order valence-corrected chi connectivity index (χ2v) is 4.64. The van der Waals surface area contributed by atoms with Crippen molar-refractivity contribution in [3.05, 3.63) is 29.8 Å². The average molecular weight is 334 g/mol. The fourth-order valence-corrected chi connectivity index (χ4v) is 1.65. The molecule has 0 spiro atoms. The molecule has 0 atom stereocenters. The van der Waals surface area contributed by atoms with E-state index >= 15 is 0 Å². The van der Waals surface area contributed by atoms with Crippen molar-refractivity contribution in [2.75, 3.05) is 26.7 Å². The van der Waals surface area contributed by atoms with Gasteiger partial charge < -0.3 is 20.1 Å². The minimum atomic E-state index is -4.52. The first-order valence-electron chi connectivity index (χ1n) is 6.71. The molecule has 23 heavy (non-hydrogen) atoms. The van der Waals surface area contributed by atoms with Crippen LogP contribution in [-0.2, 0) is 11.0 Å². The van der Waals surface area contributed by atoms with Gasteiger partial charge in [-0.05, 0) is 12.1 Å². The minimum absolute atomic E-state index is 0.0115. The second kappa shape index (κ2) is 8.25. The maximum Gasteiger partial charge on any atom is 0.419 e. The van der Waals surface area contributed by atoms with Crippen molar-refractivity contribution >= 4 is 12.0 Å². The van der Waals surface area contributed by atoms with Crippen LogP contribution < -0.4 is 10.1 Å². The SMILES string of the molecule is CN(CCC(=O)O)C(=O)NCCOc1ccccc1C(F)(F)F. The van der Waals surface area contributed by atoms with Gasteiger partial charge in [-0.2, -0.15) is 13.2 Å². The Bertz CT molecular complexity index is 549. The number of carbonyl (C=O) groups excluding carboxylic acids is 1. The normalized spacial score (nSPS) is 11.0. The number of para-hydroxylation sites is 1. The summed E-state index contributed by atoms with van der Waals surface area (Å²) in [7, 11) is 1.41. The van der Waals surface area contributed by atoms with Gasteiger partial charge in [-0.15, -0.1) is 0 Å². The highest BCUT2D eigenvalue weighted by atomic mass is 19.4. The average Bonchev–Trinajstić information content (AvgIpc) is 2.48. The summed E-state index contributed by atoms with van der Waals surface area (Å²) in [6.07, 6.45) is -4.71. The van der Waals surface area contributed by atoms with Crippen LogP contribution in [0.4, 0.5) is 18.0 Å². The van der Waals surface area contributed by atoms with Crippen molar-refractivity contribution in [3.8, 4) is 5.75 Å². The van der Waals surface area contributed by atoms with E-state index in [0.717, 1.165) is 11.0 Å². The highest BCUT2D eigenvalue weighted by Gasteiger charge is 2.33. The zero-order valence-electron chi connectivity index (χ0n) is 12.4. The van der Waals surface area contributed by atoms with Crippen LogP contribution in [0.15, 0.2) is 24.3 Å². The van der Waals surface area contributed by atoms with E-state index in [-0.39, 0.29) is 31.9 Å². The van der Waals surface area contributed by atoms with Crippen LogP contribution >= 0.6 is 0 Å². The van der Waals surface area contributed by atoms with E-state index in [1.54, 1.807) is 0 Å². The number of rotatable bonds is 7. The topological polar surface area (TPSA) is 78.9 Å². The monoisotopic (exact) mass is 334 g/mol. The van der Waals surface area contributed by atoms with Crippen LogP contribution in [0.2, 0.25) is 0 Å². The molecule has 6 nitrogen and oxygen atoms in total. The molecule has 0 bridgehead atoms. The molecule has 0 aliphatic heterocycles. The number of benzene rings is 1. The maximum atomic E-state index is 12.7. The Labute approximate surface area is 130 Å². The number of hydrogen-bond acceptors (Lipinski definition) is 3. The highest BCUT2D eigenvalue weighted by Crippen LogP contribution is 2.35. The van der Waals surface area contributed by atoms with Crippen LogP contribution in [0.3, 0.4) is 0 Å². The molecule has 128 valence electrons. The van der Waals surface area contributed by atoms with Crippen LogP contribution in [0, 0.1) is 0 Å². The van der Waals surface area contributed by atoms with E-state index in [2.05, 4.69) is 5.32 Å². The van der Waals surface area contributed by atoms with E-state index in [1.165, 1.54) is 25.2 Å². The van der Waals surface area contributed by atoms with E-state index in [9.17, 15) is 22.8 Å². The van der Waals surface area contributed by atoms with E-state index in [4.69, 9.17) is 9.84 Å². The Balaban J connectivity index is 2.41. The summed E-state index contributed by atoms with van der Waals surface area (Å²) in [6.45, 7) is -0.132. The van der Waals surface area contributed by atoms with E-state index < -0.39 is 23.7 Å². The van der Waals surface area contributed by atoms with Crippen LogP contribution in [-0.4, -0.2) is 48.8 Å². The quantitative estimate of drug-likeness (QED) is 0.749. The second-order valence-electron chi connectivity index (χ2n) is 4.64. The molecule has 2 amide bonds. The third-order valence-corrected chi connectivity index (χ3v) is 2.84. The van der Waals surface area contributed by atoms with Crippen LogP contribution in [0.1, 0.15) is 12.0 Å². The number of hydrogen-bond donors (Lipinski definition) is 2. The molecule has 0 fully saturated rings. The Morgan fingerprint density at radius 1 is 1.30 bits per heavy atom. The van der Waals surface area contributed by atoms with Gasteiger partial charge in [-0.25, -0.2) is 4.79 Å². The largest absolute Gasteiger partial charge is 0.491 e. The van der Waals surface area contributed by atoms with Crippen LogP contribution in [0.5, 0.6) is 5.75 Å². The third kappa shape index (κ3) is 6.45. The van der Waals surface area contributed by atoms with Crippen molar-refractivity contribution in [1.82, 2.24) is 10.2 Å². The Morgan fingerprint density at radius 2 is 1.96 bits per heavy atom. The van der Waals surface area contributed by atoms with Crippen molar-refractivity contribution in [3.63, 3.8) is 0 Å². The smallest absolute Gasteiger partial charge is 0.419 e. The molecule has 1 aromatic rings. The standard InChI is InChI=1S/C14H17F3N2O4/c1-19(8-6-12(20)21)13(22)18-7-9-23-11-5-3-2-4-10(11)14(15,16)17/h2-5H,6-9H2,1H3,(H,18,22)(H,20,21). The Kier molecular flexibility index (Phi) is 6.67. The molecule has 0 aromatic heterocycles. The summed E-state index contributed by atoms with van der Waals surface area (Å²) in [5.41, 5.74) is -0.884. The Morgan fingerprint density at radius 3 is 2.57 bits per heavy atom. The maximum absolute atomic E-state index is 12.7. The molecule has 1 aromatic carbocycles. The lowest BCUT2D eigenvalue weighted by atomic mass is 10.2. The van der Waals surface area contributed by atoms with Gasteiger partial charge in [-0.3, -0.25) is 4.79 Å². The van der Waals surface area contributed by atoms with Gasteiger partial charge in [0.05, 0.1) is 18.5 Å². The summed E-state index contributed by atoms with van der Waals surface area (Å²) in [5.74, 6) is -1.34. The lowest BCUT2D eigenvalue weighted by molar-refractivity contribution is -0.139. The summed E-state index contributed by atoms with van der Waals surface area (Å²) in [4.78, 5) is 23.1. The zero-order valence-corrected chi connectivity index (χ0v) is 12.4. The van der Waals surface area contributed by atoms with Gasteiger partial charge in [-0.1, -0.05) is 12.1 Å². The number of carbonyl (C=O) groups is 2. The first kappa shape index (κ1) is 18.6. The predicted octanol–water partition coefficient (Wildman–Crippen LogP) is 2.20. The predicted molar refractivity (Wildman–Crippen MR) is 75.2 cm³/mol. The molecule has 9 heteroatoms. The lowest BCUT2D eigenvalue weighted by Crippen LogP contribution is -2.40. The number of nitrogens with zero attached hydrogens (tertiary/aromatic N) is 1. The van der Waals surface area contributed by atoms with Gasteiger partial charge in [0.15, 0.2) is 0 Å². The number of carboxylic acid groups (broad SMARTS) is 1. The number of amides is 2. The number of carboxylic acids is 1. The molecule has 0 heterocycles. The first-order chi connectivity index (χ1) is 10.7. The number of ether oxygens (including phenoxy) is 1. The van der Waals surface area contributed by atoms with Gasteiger partial charge in [0.2, 0.25) is 0 Å². The molecular weight excluding hydrogens is 317 g/mol. The van der Waals surface area contributed by atoms with E-state index in [0.29, 0.717) is 0 Å². The van der Waals surface area contributed by atoms with Gasteiger partial charge in [0.1, 0.15) is 12.4 Å². The Hall–Kier alpha value is -2.45. The van der Waals surface area contributed by atoms with Gasteiger partial charge in [0.25, 0.3) is 0 Å². The summed E-state index contributed by atoms with van der Waals surface area (Å²) < 4.78 is 43.3. The fourth-order valence-electron chi connectivity index (χ4n) is 1.65. The molecule has 1 rings (SSSR count). The number of halogens is 3. The number of nitrogens with one attached hydrogen (secondary N) is 1.